The molecule has 0 bridgehead atoms. The molecule has 2 rings (SSSR count). The molecule has 6 nitrogen and oxygen atoms in total. The molecule has 1 saturated heterocycles. The molecule has 0 aromatic heterocycles. The Labute approximate surface area is 120 Å². The lowest BCUT2D eigenvalue weighted by atomic mass is 10.1. The number of rotatable bonds is 3. The highest BCUT2D eigenvalue weighted by Crippen LogP contribution is 2.26. The van der Waals surface area contributed by atoms with Crippen molar-refractivity contribution in [2.24, 2.45) is 5.92 Å². The smallest absolute Gasteiger partial charge is 0.320 e. The minimum absolute atomic E-state index is 0.0263. The van der Waals surface area contributed by atoms with E-state index in [9.17, 15) is 18.0 Å². The van der Waals surface area contributed by atoms with E-state index in [2.05, 4.69) is 5.32 Å². The molecule has 0 amide bonds. The van der Waals surface area contributed by atoms with Gasteiger partial charge in [-0.15, -0.1) is 0 Å². The molecule has 0 saturated carbocycles. The number of hydrogen-bond acceptors (Lipinski definition) is 5. The molecule has 1 aromatic rings. The maximum Gasteiger partial charge on any atom is 0.320 e. The number of carboxylic acids is 1. The molecule has 0 aliphatic carbocycles. The van der Waals surface area contributed by atoms with Gasteiger partial charge in [0.15, 0.2) is 0 Å². The monoisotopic (exact) mass is 317 g/mol. The predicted molar refractivity (Wildman–Crippen MR) is 71.2 cm³/mol. The number of sulfone groups is 1. The third kappa shape index (κ3) is 2.70. The molecule has 0 radical (unpaired) electrons. The molecule has 1 aliphatic heterocycles. The van der Waals surface area contributed by atoms with Gasteiger partial charge in [0.2, 0.25) is 9.84 Å². The summed E-state index contributed by atoms with van der Waals surface area (Å²) in [5, 5.41) is 10.4. The fraction of sp³-hybridized carbons (Fsp3) is 0.333. The number of aliphatic carboxylic acids is 1. The zero-order valence-electron chi connectivity index (χ0n) is 10.2. The first-order valence-corrected chi connectivity index (χ1v) is 7.70. The summed E-state index contributed by atoms with van der Waals surface area (Å²) < 4.78 is 24.4. The number of carboxylic acid groups (broad SMARTS) is 1. The number of carbonyl (C=O) groups excluding carboxylic acids is 1. The lowest BCUT2D eigenvalue weighted by molar-refractivity contribution is -0.139. The maximum atomic E-state index is 12.2. The first-order chi connectivity index (χ1) is 9.34. The van der Waals surface area contributed by atoms with Crippen molar-refractivity contribution < 1.29 is 23.1 Å². The van der Waals surface area contributed by atoms with E-state index >= 15 is 0 Å². The van der Waals surface area contributed by atoms with Crippen LogP contribution in [0.3, 0.4) is 0 Å². The van der Waals surface area contributed by atoms with Crippen LogP contribution in [0.2, 0.25) is 5.02 Å². The number of hydrogen-bond donors (Lipinski definition) is 2. The van der Waals surface area contributed by atoms with Crippen molar-refractivity contribution in [1.29, 1.82) is 0 Å². The lowest BCUT2D eigenvalue weighted by Crippen LogP contribution is -2.30. The highest BCUT2D eigenvalue weighted by Gasteiger charge is 2.40. The highest BCUT2D eigenvalue weighted by atomic mass is 35.5. The van der Waals surface area contributed by atoms with E-state index in [0.717, 1.165) is 0 Å². The van der Waals surface area contributed by atoms with Gasteiger partial charge in [-0.05, 0) is 18.6 Å². The molecule has 8 heteroatoms. The SMILES string of the molecule is O=C(O)[C@@H]1C[C@@H](C(=O)S(=O)(=O)c2ccccc2Cl)CN1. The van der Waals surface area contributed by atoms with Gasteiger partial charge in [0.1, 0.15) is 6.04 Å². The number of halogens is 1. The van der Waals surface area contributed by atoms with Gasteiger partial charge in [-0.3, -0.25) is 9.59 Å². The standard InChI is InChI=1S/C12H12ClNO5S/c13-8-3-1-2-4-10(8)20(18,19)12(17)7-5-9(11(15)16)14-6-7/h1-4,7,9,14H,5-6H2,(H,15,16)/t7-,9+/m1/s1. The van der Waals surface area contributed by atoms with Gasteiger partial charge >= 0.3 is 5.97 Å². The van der Waals surface area contributed by atoms with Crippen molar-refractivity contribution in [3.8, 4) is 0 Å². The van der Waals surface area contributed by atoms with E-state index in [4.69, 9.17) is 16.7 Å². The zero-order chi connectivity index (χ0) is 14.9. The molecular weight excluding hydrogens is 306 g/mol. The average Bonchev–Trinajstić information content (AvgIpc) is 2.87. The van der Waals surface area contributed by atoms with Gasteiger partial charge in [0.25, 0.3) is 5.12 Å². The number of benzene rings is 1. The van der Waals surface area contributed by atoms with E-state index in [0.29, 0.717) is 0 Å². The topological polar surface area (TPSA) is 101 Å². The third-order valence-corrected chi connectivity index (χ3v) is 5.39. The van der Waals surface area contributed by atoms with Crippen molar-refractivity contribution in [3.63, 3.8) is 0 Å². The van der Waals surface area contributed by atoms with Crippen LogP contribution in [0.25, 0.3) is 0 Å². The summed E-state index contributed by atoms with van der Waals surface area (Å²) in [6.07, 6.45) is -0.0438. The average molecular weight is 318 g/mol. The van der Waals surface area contributed by atoms with Crippen LogP contribution in [0.1, 0.15) is 6.42 Å². The van der Waals surface area contributed by atoms with E-state index in [1.165, 1.54) is 18.2 Å². The second kappa shape index (κ2) is 5.51. The van der Waals surface area contributed by atoms with Crippen LogP contribution in [-0.4, -0.2) is 37.2 Å². The normalized spacial score (nSPS) is 22.6. The fourth-order valence-corrected chi connectivity index (χ4v) is 3.95. The largest absolute Gasteiger partial charge is 0.480 e. The molecule has 1 aliphatic rings. The van der Waals surface area contributed by atoms with Crippen LogP contribution >= 0.6 is 11.6 Å². The Morgan fingerprint density at radius 3 is 2.50 bits per heavy atom. The summed E-state index contributed by atoms with van der Waals surface area (Å²) in [4.78, 5) is 22.7. The van der Waals surface area contributed by atoms with Crippen LogP contribution in [0, 0.1) is 5.92 Å². The third-order valence-electron chi connectivity index (χ3n) is 3.15. The number of carbonyl (C=O) groups is 2. The molecule has 1 heterocycles. The molecule has 0 spiro atoms. The summed E-state index contributed by atoms with van der Waals surface area (Å²) in [6.45, 7) is 0.0273. The molecule has 2 atom stereocenters. The van der Waals surface area contributed by atoms with Crippen molar-refractivity contribution in [3.05, 3.63) is 29.3 Å². The van der Waals surface area contributed by atoms with Crippen molar-refractivity contribution >= 4 is 32.5 Å². The predicted octanol–water partition coefficient (Wildman–Crippen LogP) is 0.703. The van der Waals surface area contributed by atoms with Crippen molar-refractivity contribution in [1.82, 2.24) is 5.32 Å². The van der Waals surface area contributed by atoms with Gasteiger partial charge in [-0.2, -0.15) is 0 Å². The molecule has 0 unspecified atom stereocenters. The first-order valence-electron chi connectivity index (χ1n) is 5.83. The fourth-order valence-electron chi connectivity index (χ4n) is 2.09. The highest BCUT2D eigenvalue weighted by molar-refractivity contribution is 8.06. The van der Waals surface area contributed by atoms with Gasteiger partial charge in [0, 0.05) is 12.5 Å². The summed E-state index contributed by atoms with van der Waals surface area (Å²) in [6, 6.07) is 4.77. The second-order valence-corrected chi connectivity index (χ2v) is 6.74. The van der Waals surface area contributed by atoms with Crippen LogP contribution in [-0.2, 0) is 19.4 Å². The number of nitrogens with one attached hydrogen (secondary N) is 1. The summed E-state index contributed by atoms with van der Waals surface area (Å²) in [5.74, 6) is -1.98. The second-order valence-electron chi connectivity index (χ2n) is 4.48. The van der Waals surface area contributed by atoms with Gasteiger partial charge in [-0.1, -0.05) is 23.7 Å². The Morgan fingerprint density at radius 1 is 1.30 bits per heavy atom. The molecule has 1 fully saturated rings. The Morgan fingerprint density at radius 2 is 1.95 bits per heavy atom. The summed E-state index contributed by atoms with van der Waals surface area (Å²) >= 11 is 5.80. The molecule has 2 N–H and O–H groups in total. The molecule has 20 heavy (non-hydrogen) atoms. The Balaban J connectivity index is 2.26. The Kier molecular flexibility index (Phi) is 4.12. The van der Waals surface area contributed by atoms with E-state index < -0.39 is 32.9 Å². The van der Waals surface area contributed by atoms with Crippen molar-refractivity contribution in [2.45, 2.75) is 17.4 Å². The van der Waals surface area contributed by atoms with Gasteiger partial charge in [0.05, 0.1) is 9.92 Å². The maximum absolute atomic E-state index is 12.2. The Hall–Kier alpha value is -1.44. The van der Waals surface area contributed by atoms with E-state index in [1.807, 2.05) is 0 Å². The van der Waals surface area contributed by atoms with Crippen LogP contribution < -0.4 is 5.32 Å². The van der Waals surface area contributed by atoms with Crippen LogP contribution in [0.4, 0.5) is 0 Å². The first kappa shape index (κ1) is 15.0. The van der Waals surface area contributed by atoms with E-state index in [1.54, 1.807) is 6.07 Å². The zero-order valence-corrected chi connectivity index (χ0v) is 11.8. The van der Waals surface area contributed by atoms with Gasteiger partial charge < -0.3 is 10.4 Å². The van der Waals surface area contributed by atoms with E-state index in [-0.39, 0.29) is 22.9 Å². The Bertz CT molecular complexity index is 658. The quantitative estimate of drug-likeness (QED) is 0.851. The lowest BCUT2D eigenvalue weighted by Gasteiger charge is -2.09. The summed E-state index contributed by atoms with van der Waals surface area (Å²) in [5.41, 5.74) is 0. The minimum Gasteiger partial charge on any atom is -0.480 e. The molecular formula is C12H12ClNO5S. The summed E-state index contributed by atoms with van der Waals surface area (Å²) in [7, 11) is -4.21. The molecule has 1 aromatic carbocycles. The minimum atomic E-state index is -4.21. The van der Waals surface area contributed by atoms with Crippen molar-refractivity contribution in [2.75, 3.05) is 6.54 Å². The van der Waals surface area contributed by atoms with Gasteiger partial charge in [-0.25, -0.2) is 8.42 Å². The van der Waals surface area contributed by atoms with Crippen LogP contribution in [0.15, 0.2) is 29.2 Å². The molecule has 108 valence electrons. The van der Waals surface area contributed by atoms with Crippen LogP contribution in [0.5, 0.6) is 0 Å².